The Hall–Kier alpha value is -3.39. The molecule has 3 aliphatic rings. The van der Waals surface area contributed by atoms with Crippen LogP contribution >= 0.6 is 0 Å². The number of likely N-dealkylation sites (tertiary alicyclic amines) is 1. The summed E-state index contributed by atoms with van der Waals surface area (Å²) in [4.78, 5) is 20.8. The summed E-state index contributed by atoms with van der Waals surface area (Å²) < 4.78 is 5.79. The molecule has 0 spiro atoms. The average Bonchev–Trinajstić information content (AvgIpc) is 3.39. The van der Waals surface area contributed by atoms with E-state index in [0.29, 0.717) is 24.6 Å². The lowest BCUT2D eigenvalue weighted by molar-refractivity contribution is 0.292. The maximum absolute atomic E-state index is 5.79. The summed E-state index contributed by atoms with van der Waals surface area (Å²) in [5, 5.41) is 3.33. The summed E-state index contributed by atoms with van der Waals surface area (Å²) in [7, 11) is 4.26. The first-order valence-corrected chi connectivity index (χ1v) is 11.2. The quantitative estimate of drug-likeness (QED) is 0.679. The monoisotopic (exact) mass is 429 g/mol. The highest BCUT2D eigenvalue weighted by Gasteiger charge is 2.41. The molecule has 6 rings (SSSR count). The van der Waals surface area contributed by atoms with Crippen molar-refractivity contribution in [3.05, 3.63) is 48.8 Å². The molecule has 1 aromatic carbocycles. The molecule has 2 fully saturated rings. The summed E-state index contributed by atoms with van der Waals surface area (Å²) >= 11 is 0. The Morgan fingerprint density at radius 3 is 2.69 bits per heavy atom. The highest BCUT2D eigenvalue weighted by Crippen LogP contribution is 2.35. The lowest BCUT2D eigenvalue weighted by Crippen LogP contribution is -2.44. The molecule has 2 atom stereocenters. The number of piperazine rings is 1. The Morgan fingerprint density at radius 2 is 1.91 bits per heavy atom. The Labute approximate surface area is 187 Å². The van der Waals surface area contributed by atoms with Crippen LogP contribution in [-0.4, -0.2) is 72.3 Å². The molecule has 5 heterocycles. The molecule has 0 unspecified atom stereocenters. The van der Waals surface area contributed by atoms with E-state index in [1.807, 2.05) is 25.4 Å². The van der Waals surface area contributed by atoms with Gasteiger partial charge in [-0.1, -0.05) is 0 Å². The molecule has 8 heteroatoms. The normalized spacial score (nSPS) is 22.1. The van der Waals surface area contributed by atoms with E-state index >= 15 is 0 Å². The van der Waals surface area contributed by atoms with Gasteiger partial charge in [0.25, 0.3) is 0 Å². The van der Waals surface area contributed by atoms with Crippen molar-refractivity contribution in [3.8, 4) is 17.0 Å². The largest absolute Gasteiger partial charge is 0.488 e. The van der Waals surface area contributed by atoms with Crippen molar-refractivity contribution < 1.29 is 4.74 Å². The fourth-order valence-corrected chi connectivity index (χ4v) is 5.00. The highest BCUT2D eigenvalue weighted by atomic mass is 16.5. The van der Waals surface area contributed by atoms with E-state index in [9.17, 15) is 0 Å². The van der Waals surface area contributed by atoms with Crippen LogP contribution in [0.15, 0.2) is 48.8 Å². The SMILES string of the molecule is CN1CCOc2cc(-c3ccnc(Nc4ccc(N5C[C@@H]6C[C@H]5CN6C)cc4)n3)cnc21. The number of likely N-dealkylation sites (N-methyl/N-ethyl adjacent to an activating group) is 2. The minimum absolute atomic E-state index is 0.563. The second-order valence-corrected chi connectivity index (χ2v) is 8.89. The maximum atomic E-state index is 5.79. The van der Waals surface area contributed by atoms with Gasteiger partial charge in [0.15, 0.2) is 11.6 Å². The van der Waals surface area contributed by atoms with Crippen LogP contribution in [0.4, 0.5) is 23.1 Å². The first-order chi connectivity index (χ1) is 15.6. The standard InChI is InChI=1S/C24H27N7O/c1-29-9-10-32-22-11-16(13-26-23(22)29)21-7-8-25-24(28-21)27-17-3-5-18(6-4-17)31-15-19-12-20(31)14-30(19)2/h3-8,11,13,19-20H,9-10,12,14-15H2,1-2H3,(H,25,27,28)/t19-,20-/m0/s1. The first kappa shape index (κ1) is 19.3. The molecule has 32 heavy (non-hydrogen) atoms. The summed E-state index contributed by atoms with van der Waals surface area (Å²) in [6.45, 7) is 3.78. The zero-order chi connectivity index (χ0) is 21.7. The van der Waals surface area contributed by atoms with Crippen molar-refractivity contribution >= 4 is 23.1 Å². The first-order valence-electron chi connectivity index (χ1n) is 11.2. The smallest absolute Gasteiger partial charge is 0.227 e. The number of nitrogens with one attached hydrogen (secondary N) is 1. The number of hydrogen-bond acceptors (Lipinski definition) is 8. The maximum Gasteiger partial charge on any atom is 0.227 e. The van der Waals surface area contributed by atoms with Gasteiger partial charge in [-0.2, -0.15) is 0 Å². The number of pyridine rings is 1. The Kier molecular flexibility index (Phi) is 4.61. The van der Waals surface area contributed by atoms with Gasteiger partial charge in [0.1, 0.15) is 6.61 Å². The van der Waals surface area contributed by atoms with Crippen molar-refractivity contribution in [2.75, 3.05) is 55.5 Å². The number of anilines is 4. The van der Waals surface area contributed by atoms with Crippen molar-refractivity contribution in [2.45, 2.75) is 18.5 Å². The number of ether oxygens (including phenoxy) is 1. The van der Waals surface area contributed by atoms with Gasteiger partial charge in [-0.05, 0) is 49.9 Å². The molecular weight excluding hydrogens is 402 g/mol. The second kappa shape index (κ2) is 7.63. The zero-order valence-electron chi connectivity index (χ0n) is 18.4. The molecule has 164 valence electrons. The van der Waals surface area contributed by atoms with E-state index in [-0.39, 0.29) is 0 Å². The summed E-state index contributed by atoms with van der Waals surface area (Å²) in [5.41, 5.74) is 3.98. The topological polar surface area (TPSA) is 69.7 Å². The fraction of sp³-hybridized carbons (Fsp3) is 0.375. The average molecular weight is 430 g/mol. The Morgan fingerprint density at radius 1 is 1.03 bits per heavy atom. The summed E-state index contributed by atoms with van der Waals surface area (Å²) in [5.74, 6) is 2.22. The lowest BCUT2D eigenvalue weighted by atomic mass is 10.2. The van der Waals surface area contributed by atoms with Crippen LogP contribution in [0.5, 0.6) is 5.75 Å². The predicted octanol–water partition coefficient (Wildman–Crippen LogP) is 3.00. The molecule has 3 aliphatic heterocycles. The number of aromatic nitrogens is 3. The van der Waals surface area contributed by atoms with Gasteiger partial charge in [0, 0.05) is 61.6 Å². The minimum atomic E-state index is 0.563. The van der Waals surface area contributed by atoms with Crippen LogP contribution in [0.3, 0.4) is 0 Å². The number of hydrogen-bond donors (Lipinski definition) is 1. The molecule has 2 saturated heterocycles. The van der Waals surface area contributed by atoms with E-state index in [2.05, 4.69) is 61.3 Å². The number of rotatable bonds is 4. The van der Waals surface area contributed by atoms with Crippen molar-refractivity contribution in [2.24, 2.45) is 0 Å². The molecule has 0 saturated carbocycles. The van der Waals surface area contributed by atoms with Crippen LogP contribution in [0.25, 0.3) is 11.3 Å². The van der Waals surface area contributed by atoms with Gasteiger partial charge in [0.05, 0.1) is 12.2 Å². The van der Waals surface area contributed by atoms with E-state index in [1.54, 1.807) is 6.20 Å². The number of fused-ring (bicyclic) bond motifs is 3. The third kappa shape index (κ3) is 3.40. The van der Waals surface area contributed by atoms with Gasteiger partial charge in [-0.15, -0.1) is 0 Å². The molecule has 1 N–H and O–H groups in total. The predicted molar refractivity (Wildman–Crippen MR) is 126 cm³/mol. The number of nitrogens with zero attached hydrogens (tertiary/aromatic N) is 6. The summed E-state index contributed by atoms with van der Waals surface area (Å²) in [6.07, 6.45) is 4.88. The van der Waals surface area contributed by atoms with Crippen LogP contribution in [0.2, 0.25) is 0 Å². The zero-order valence-corrected chi connectivity index (χ0v) is 18.4. The van der Waals surface area contributed by atoms with Crippen LogP contribution in [-0.2, 0) is 0 Å². The van der Waals surface area contributed by atoms with Crippen molar-refractivity contribution in [3.63, 3.8) is 0 Å². The van der Waals surface area contributed by atoms with E-state index in [1.165, 1.54) is 12.1 Å². The van der Waals surface area contributed by atoms with E-state index < -0.39 is 0 Å². The molecule has 0 aliphatic carbocycles. The molecule has 2 aromatic heterocycles. The molecule has 2 bridgehead atoms. The van der Waals surface area contributed by atoms with Gasteiger partial charge in [-0.3, -0.25) is 4.90 Å². The molecule has 0 radical (unpaired) electrons. The molecule has 0 amide bonds. The van der Waals surface area contributed by atoms with E-state index in [4.69, 9.17) is 9.72 Å². The van der Waals surface area contributed by atoms with Gasteiger partial charge < -0.3 is 19.9 Å². The summed E-state index contributed by atoms with van der Waals surface area (Å²) in [6, 6.07) is 13.8. The second-order valence-electron chi connectivity index (χ2n) is 8.89. The van der Waals surface area contributed by atoms with E-state index in [0.717, 1.165) is 48.1 Å². The fourth-order valence-electron chi connectivity index (χ4n) is 5.00. The molecule has 8 nitrogen and oxygen atoms in total. The van der Waals surface area contributed by atoms with Crippen LogP contribution in [0.1, 0.15) is 6.42 Å². The van der Waals surface area contributed by atoms with Gasteiger partial charge >= 0.3 is 0 Å². The Bertz CT molecular complexity index is 1130. The third-order valence-corrected chi connectivity index (χ3v) is 6.80. The van der Waals surface area contributed by atoms with Crippen molar-refractivity contribution in [1.82, 2.24) is 19.9 Å². The third-order valence-electron chi connectivity index (χ3n) is 6.80. The van der Waals surface area contributed by atoms with Crippen LogP contribution in [0, 0.1) is 0 Å². The minimum Gasteiger partial charge on any atom is -0.488 e. The van der Waals surface area contributed by atoms with Gasteiger partial charge in [-0.25, -0.2) is 15.0 Å². The molecule has 3 aromatic rings. The van der Waals surface area contributed by atoms with Crippen LogP contribution < -0.4 is 19.9 Å². The van der Waals surface area contributed by atoms with Crippen molar-refractivity contribution in [1.29, 1.82) is 0 Å². The lowest BCUT2D eigenvalue weighted by Gasteiger charge is -2.33. The van der Waals surface area contributed by atoms with Gasteiger partial charge in [0.2, 0.25) is 5.95 Å². The highest BCUT2D eigenvalue weighted by molar-refractivity contribution is 5.67. The Balaban J connectivity index is 1.18. The molecular formula is C24H27N7O. The number of benzene rings is 1.